The van der Waals surface area contributed by atoms with Gasteiger partial charge in [-0.2, -0.15) is 0 Å². The van der Waals surface area contributed by atoms with E-state index in [4.69, 9.17) is 4.74 Å². The summed E-state index contributed by atoms with van der Waals surface area (Å²) in [5, 5.41) is 0. The summed E-state index contributed by atoms with van der Waals surface area (Å²) < 4.78 is 5.45. The second-order valence-corrected chi connectivity index (χ2v) is 6.39. The van der Waals surface area contributed by atoms with Crippen LogP contribution in [0.5, 0.6) is 0 Å². The molecule has 0 radical (unpaired) electrons. The number of amides is 1. The molecule has 21 heavy (non-hydrogen) atoms. The first-order valence-electron chi connectivity index (χ1n) is 8.28. The summed E-state index contributed by atoms with van der Waals surface area (Å²) in [7, 11) is 0. The third-order valence-corrected chi connectivity index (χ3v) is 5.01. The zero-order chi connectivity index (χ0) is 14.5. The number of benzene rings is 1. The van der Waals surface area contributed by atoms with Gasteiger partial charge in [0.2, 0.25) is 0 Å². The molecule has 3 heteroatoms. The van der Waals surface area contributed by atoms with Gasteiger partial charge in [-0.25, -0.2) is 4.79 Å². The fourth-order valence-electron chi connectivity index (χ4n) is 3.76. The van der Waals surface area contributed by atoms with Crippen LogP contribution >= 0.6 is 0 Å². The van der Waals surface area contributed by atoms with Crippen LogP contribution in [-0.2, 0) is 11.2 Å². The van der Waals surface area contributed by atoms with Gasteiger partial charge >= 0.3 is 6.09 Å². The Morgan fingerprint density at radius 3 is 2.67 bits per heavy atom. The van der Waals surface area contributed by atoms with Crippen molar-refractivity contribution in [1.82, 2.24) is 4.90 Å². The molecule has 3 nitrogen and oxygen atoms in total. The highest BCUT2D eigenvalue weighted by molar-refractivity contribution is 5.67. The number of ether oxygens (including phenoxy) is 1. The van der Waals surface area contributed by atoms with E-state index in [9.17, 15) is 4.79 Å². The second kappa shape index (κ2) is 6.97. The standard InChI is InChI=1S/C18H25NO2/c20-18(21-13-11-15-6-2-1-3-7-15)19-12-10-16-8-4-5-9-17(16)14-19/h1-3,6-7,16-17H,4-5,8-14H2. The Bertz CT molecular complexity index is 460. The average molecular weight is 287 g/mol. The molecular weight excluding hydrogens is 262 g/mol. The summed E-state index contributed by atoms with van der Waals surface area (Å²) in [6, 6.07) is 10.2. The molecular formula is C18H25NO2. The topological polar surface area (TPSA) is 29.5 Å². The molecule has 1 aromatic rings. The number of nitrogens with zero attached hydrogens (tertiary/aromatic N) is 1. The van der Waals surface area contributed by atoms with Crippen LogP contribution in [0, 0.1) is 11.8 Å². The molecule has 1 aliphatic carbocycles. The Morgan fingerprint density at radius 1 is 1.10 bits per heavy atom. The van der Waals surface area contributed by atoms with Gasteiger partial charge in [-0.1, -0.05) is 49.6 Å². The summed E-state index contributed by atoms with van der Waals surface area (Å²) in [6.45, 7) is 2.27. The molecule has 2 atom stereocenters. The van der Waals surface area contributed by atoms with E-state index in [1.54, 1.807) is 0 Å². The van der Waals surface area contributed by atoms with Crippen molar-refractivity contribution in [1.29, 1.82) is 0 Å². The smallest absolute Gasteiger partial charge is 0.409 e. The van der Waals surface area contributed by atoms with Gasteiger partial charge in [0.05, 0.1) is 6.61 Å². The number of piperidine rings is 1. The first-order valence-corrected chi connectivity index (χ1v) is 8.28. The van der Waals surface area contributed by atoms with Gasteiger partial charge < -0.3 is 9.64 Å². The SMILES string of the molecule is O=C(OCCc1ccccc1)N1CCC2CCCCC2C1. The van der Waals surface area contributed by atoms with E-state index in [2.05, 4.69) is 12.1 Å². The first kappa shape index (κ1) is 14.4. The Morgan fingerprint density at radius 2 is 1.86 bits per heavy atom. The molecule has 2 aliphatic rings. The fourth-order valence-corrected chi connectivity index (χ4v) is 3.76. The molecule has 1 aliphatic heterocycles. The van der Waals surface area contributed by atoms with Crippen molar-refractivity contribution in [2.45, 2.75) is 38.5 Å². The molecule has 114 valence electrons. The van der Waals surface area contributed by atoms with Crippen molar-refractivity contribution in [3.8, 4) is 0 Å². The lowest BCUT2D eigenvalue weighted by Gasteiger charge is -2.40. The molecule has 2 fully saturated rings. The zero-order valence-electron chi connectivity index (χ0n) is 12.7. The van der Waals surface area contributed by atoms with Gasteiger partial charge in [-0.15, -0.1) is 0 Å². The van der Waals surface area contributed by atoms with E-state index in [0.717, 1.165) is 25.4 Å². The minimum absolute atomic E-state index is 0.116. The number of rotatable bonds is 3. The normalized spacial score (nSPS) is 25.2. The third kappa shape index (κ3) is 3.78. The van der Waals surface area contributed by atoms with E-state index in [1.807, 2.05) is 23.1 Å². The van der Waals surface area contributed by atoms with Crippen molar-refractivity contribution in [2.75, 3.05) is 19.7 Å². The zero-order valence-corrected chi connectivity index (χ0v) is 12.7. The van der Waals surface area contributed by atoms with Crippen LogP contribution in [-0.4, -0.2) is 30.7 Å². The van der Waals surface area contributed by atoms with E-state index in [0.29, 0.717) is 12.5 Å². The summed E-state index contributed by atoms with van der Waals surface area (Å²) in [4.78, 5) is 14.1. The van der Waals surface area contributed by atoms with Gasteiger partial charge in [0.25, 0.3) is 0 Å². The van der Waals surface area contributed by atoms with Crippen LogP contribution in [0.15, 0.2) is 30.3 Å². The lowest BCUT2D eigenvalue weighted by Crippen LogP contribution is -2.45. The third-order valence-electron chi connectivity index (χ3n) is 5.01. The molecule has 1 amide bonds. The lowest BCUT2D eigenvalue weighted by molar-refractivity contribution is 0.0567. The Balaban J connectivity index is 1.43. The maximum Gasteiger partial charge on any atom is 0.409 e. The van der Waals surface area contributed by atoms with Gasteiger partial charge in [-0.05, 0) is 30.2 Å². The number of carbonyl (C=O) groups is 1. The van der Waals surface area contributed by atoms with E-state index in [1.165, 1.54) is 37.7 Å². The van der Waals surface area contributed by atoms with Crippen molar-refractivity contribution in [2.24, 2.45) is 11.8 Å². The molecule has 2 unspecified atom stereocenters. The summed E-state index contributed by atoms with van der Waals surface area (Å²) >= 11 is 0. The minimum Gasteiger partial charge on any atom is -0.449 e. The monoisotopic (exact) mass is 287 g/mol. The number of carbonyl (C=O) groups excluding carboxylic acids is 1. The summed E-state index contributed by atoms with van der Waals surface area (Å²) in [5.41, 5.74) is 1.22. The highest BCUT2D eigenvalue weighted by Crippen LogP contribution is 2.36. The van der Waals surface area contributed by atoms with Crippen molar-refractivity contribution in [3.63, 3.8) is 0 Å². The van der Waals surface area contributed by atoms with Crippen LogP contribution in [0.3, 0.4) is 0 Å². The largest absolute Gasteiger partial charge is 0.449 e. The predicted octanol–water partition coefficient (Wildman–Crippen LogP) is 3.88. The van der Waals surface area contributed by atoms with Crippen molar-refractivity contribution in [3.05, 3.63) is 35.9 Å². The van der Waals surface area contributed by atoms with E-state index < -0.39 is 0 Å². The van der Waals surface area contributed by atoms with Gasteiger partial charge in [0.15, 0.2) is 0 Å². The fraction of sp³-hybridized carbons (Fsp3) is 0.611. The maximum absolute atomic E-state index is 12.2. The Labute approximate surface area is 127 Å². The average Bonchev–Trinajstić information content (AvgIpc) is 2.55. The van der Waals surface area contributed by atoms with Crippen LogP contribution in [0.1, 0.15) is 37.7 Å². The van der Waals surface area contributed by atoms with Crippen LogP contribution in [0.4, 0.5) is 4.79 Å². The van der Waals surface area contributed by atoms with Crippen molar-refractivity contribution < 1.29 is 9.53 Å². The molecule has 1 heterocycles. The molecule has 0 spiro atoms. The minimum atomic E-state index is -0.116. The van der Waals surface area contributed by atoms with Gasteiger partial charge in [0.1, 0.15) is 0 Å². The molecule has 0 aromatic heterocycles. The van der Waals surface area contributed by atoms with Crippen LogP contribution in [0.25, 0.3) is 0 Å². The van der Waals surface area contributed by atoms with Gasteiger partial charge in [-0.3, -0.25) is 0 Å². The van der Waals surface area contributed by atoms with Crippen LogP contribution in [0.2, 0.25) is 0 Å². The van der Waals surface area contributed by atoms with Crippen LogP contribution < -0.4 is 0 Å². The van der Waals surface area contributed by atoms with Crippen molar-refractivity contribution >= 4 is 6.09 Å². The highest BCUT2D eigenvalue weighted by Gasteiger charge is 2.33. The van der Waals surface area contributed by atoms with E-state index in [-0.39, 0.29) is 6.09 Å². The number of likely N-dealkylation sites (tertiary alicyclic amines) is 1. The number of hydrogen-bond donors (Lipinski definition) is 0. The van der Waals surface area contributed by atoms with Gasteiger partial charge in [0, 0.05) is 19.5 Å². The first-order chi connectivity index (χ1) is 10.3. The number of fused-ring (bicyclic) bond motifs is 1. The Hall–Kier alpha value is -1.51. The second-order valence-electron chi connectivity index (χ2n) is 6.39. The Kier molecular flexibility index (Phi) is 4.79. The molecule has 1 saturated heterocycles. The molecule has 0 N–H and O–H groups in total. The lowest BCUT2D eigenvalue weighted by atomic mass is 9.75. The molecule has 3 rings (SSSR count). The summed E-state index contributed by atoms with van der Waals surface area (Å²) in [5.74, 6) is 1.57. The molecule has 1 aromatic carbocycles. The quantitative estimate of drug-likeness (QED) is 0.844. The maximum atomic E-state index is 12.2. The summed E-state index contributed by atoms with van der Waals surface area (Å²) in [6.07, 6.45) is 7.21. The number of hydrogen-bond acceptors (Lipinski definition) is 2. The highest BCUT2D eigenvalue weighted by atomic mass is 16.6. The van der Waals surface area contributed by atoms with E-state index >= 15 is 0 Å². The predicted molar refractivity (Wildman–Crippen MR) is 83.1 cm³/mol. The molecule has 1 saturated carbocycles. The molecule has 0 bridgehead atoms.